The maximum absolute atomic E-state index is 12.1. The molecule has 0 unspecified atom stereocenters. The minimum Gasteiger partial charge on any atom is -0.497 e. The lowest BCUT2D eigenvalue weighted by atomic mass is 10.0. The third-order valence-corrected chi connectivity index (χ3v) is 4.25. The van der Waals surface area contributed by atoms with Gasteiger partial charge in [-0.3, -0.25) is 4.99 Å². The summed E-state index contributed by atoms with van der Waals surface area (Å²) in [6.45, 7) is 0. The summed E-state index contributed by atoms with van der Waals surface area (Å²) in [5.41, 5.74) is 3.92. The van der Waals surface area contributed by atoms with Crippen LogP contribution in [0.15, 0.2) is 83.9 Å². The molecule has 0 bridgehead atoms. The number of benzene rings is 3. The first-order valence-corrected chi connectivity index (χ1v) is 8.61. The third-order valence-electron chi connectivity index (χ3n) is 4.25. The lowest BCUT2D eigenvalue weighted by Gasteiger charge is -2.10. The van der Waals surface area contributed by atoms with Crippen LogP contribution in [0, 0.1) is 0 Å². The van der Waals surface area contributed by atoms with E-state index >= 15 is 0 Å². The fraction of sp³-hybridized carbons (Fsp3) is 0.130. The van der Waals surface area contributed by atoms with Crippen LogP contribution in [-0.4, -0.2) is 26.4 Å². The topological polar surface area (TPSA) is 47.9 Å². The second-order valence-electron chi connectivity index (χ2n) is 5.97. The van der Waals surface area contributed by atoms with Gasteiger partial charge in [-0.05, 0) is 34.4 Å². The lowest BCUT2D eigenvalue weighted by molar-refractivity contribution is -0.142. The van der Waals surface area contributed by atoms with Gasteiger partial charge in [0.25, 0.3) is 0 Å². The first-order valence-electron chi connectivity index (χ1n) is 8.61. The number of ether oxygens (including phenoxy) is 2. The van der Waals surface area contributed by atoms with Gasteiger partial charge in [-0.25, -0.2) is 4.79 Å². The smallest absolute Gasteiger partial charge is 0.335 e. The lowest BCUT2D eigenvalue weighted by Crippen LogP contribution is -2.12. The number of hydrogen-bond acceptors (Lipinski definition) is 4. The zero-order valence-corrected chi connectivity index (χ0v) is 15.3. The van der Waals surface area contributed by atoms with Gasteiger partial charge in [-0.15, -0.1) is 0 Å². The van der Waals surface area contributed by atoms with Gasteiger partial charge in [0.2, 0.25) is 0 Å². The van der Waals surface area contributed by atoms with Crippen LogP contribution in [0.3, 0.4) is 0 Å². The van der Waals surface area contributed by atoms with Crippen LogP contribution in [0.25, 0.3) is 11.1 Å². The highest BCUT2D eigenvalue weighted by molar-refractivity contribution is 5.85. The Kier molecular flexibility index (Phi) is 6.00. The molecule has 0 radical (unpaired) electrons. The summed E-state index contributed by atoms with van der Waals surface area (Å²) in [5.74, 6) is 0.449. The van der Waals surface area contributed by atoms with Crippen molar-refractivity contribution >= 4 is 12.2 Å². The van der Waals surface area contributed by atoms with Gasteiger partial charge in [0, 0.05) is 6.21 Å². The van der Waals surface area contributed by atoms with Crippen molar-refractivity contribution in [1.29, 1.82) is 0 Å². The van der Waals surface area contributed by atoms with Crippen LogP contribution in [0.4, 0.5) is 0 Å². The van der Waals surface area contributed by atoms with E-state index in [9.17, 15) is 4.79 Å². The average molecular weight is 359 g/mol. The summed E-state index contributed by atoms with van der Waals surface area (Å²) in [5, 5.41) is 0. The van der Waals surface area contributed by atoms with Crippen molar-refractivity contribution in [1.82, 2.24) is 0 Å². The minimum atomic E-state index is -0.669. The van der Waals surface area contributed by atoms with Crippen molar-refractivity contribution < 1.29 is 14.3 Å². The molecule has 0 fully saturated rings. The van der Waals surface area contributed by atoms with E-state index in [1.807, 2.05) is 78.9 Å². The molecule has 3 aromatic rings. The summed E-state index contributed by atoms with van der Waals surface area (Å²) in [4.78, 5) is 16.5. The molecule has 3 aromatic carbocycles. The summed E-state index contributed by atoms with van der Waals surface area (Å²) in [6.07, 6.45) is 1.70. The number of esters is 1. The standard InChI is InChI=1S/C23H21NO3/c1-26-21-14-12-19(13-15-21)18-10-8-17(9-11-18)16-24-22(23(25)27-2)20-6-4-3-5-7-20/h3-16,22H,1-2H3/t22-/m0/s1. The highest BCUT2D eigenvalue weighted by Crippen LogP contribution is 2.23. The maximum atomic E-state index is 12.1. The molecule has 0 heterocycles. The average Bonchev–Trinajstić information content (AvgIpc) is 2.75. The number of carbonyl (C=O) groups excluding carboxylic acids is 1. The maximum Gasteiger partial charge on any atom is 0.335 e. The van der Waals surface area contributed by atoms with Crippen LogP contribution in [-0.2, 0) is 9.53 Å². The summed E-state index contributed by atoms with van der Waals surface area (Å²) in [7, 11) is 3.03. The van der Waals surface area contributed by atoms with E-state index in [2.05, 4.69) is 4.99 Å². The van der Waals surface area contributed by atoms with Gasteiger partial charge in [-0.1, -0.05) is 66.7 Å². The molecule has 0 aliphatic rings. The van der Waals surface area contributed by atoms with Gasteiger partial charge in [-0.2, -0.15) is 0 Å². The molecule has 0 aliphatic heterocycles. The van der Waals surface area contributed by atoms with E-state index in [-0.39, 0.29) is 5.97 Å². The van der Waals surface area contributed by atoms with Crippen LogP contribution in [0.2, 0.25) is 0 Å². The summed E-state index contributed by atoms with van der Waals surface area (Å²) < 4.78 is 10.1. The largest absolute Gasteiger partial charge is 0.497 e. The van der Waals surface area contributed by atoms with Gasteiger partial charge >= 0.3 is 5.97 Å². The fourth-order valence-corrected chi connectivity index (χ4v) is 2.74. The van der Waals surface area contributed by atoms with E-state index < -0.39 is 6.04 Å². The highest BCUT2D eigenvalue weighted by Gasteiger charge is 2.19. The zero-order chi connectivity index (χ0) is 19.1. The molecule has 27 heavy (non-hydrogen) atoms. The molecule has 136 valence electrons. The Morgan fingerprint density at radius 2 is 1.44 bits per heavy atom. The highest BCUT2D eigenvalue weighted by atomic mass is 16.5. The van der Waals surface area contributed by atoms with Crippen molar-refractivity contribution in [2.45, 2.75) is 6.04 Å². The molecule has 3 rings (SSSR count). The molecule has 4 nitrogen and oxygen atoms in total. The Balaban J connectivity index is 1.78. The molecule has 0 spiro atoms. The van der Waals surface area contributed by atoms with Crippen LogP contribution in [0.1, 0.15) is 17.2 Å². The quantitative estimate of drug-likeness (QED) is 0.474. The van der Waals surface area contributed by atoms with Crippen molar-refractivity contribution in [3.05, 3.63) is 90.0 Å². The van der Waals surface area contributed by atoms with Crippen molar-refractivity contribution in [3.8, 4) is 16.9 Å². The van der Waals surface area contributed by atoms with Crippen molar-refractivity contribution in [2.75, 3.05) is 14.2 Å². The molecule has 4 heteroatoms. The molecule has 0 aromatic heterocycles. The summed E-state index contributed by atoms with van der Waals surface area (Å²) in [6, 6.07) is 24.6. The third kappa shape index (κ3) is 4.61. The van der Waals surface area contributed by atoms with Crippen LogP contribution in [0.5, 0.6) is 5.75 Å². The summed E-state index contributed by atoms with van der Waals surface area (Å²) >= 11 is 0. The number of carbonyl (C=O) groups is 1. The monoisotopic (exact) mass is 359 g/mol. The van der Waals surface area contributed by atoms with Gasteiger partial charge < -0.3 is 9.47 Å². The number of methoxy groups -OCH3 is 2. The zero-order valence-electron chi connectivity index (χ0n) is 15.3. The molecule has 0 saturated heterocycles. The van der Waals surface area contributed by atoms with Crippen molar-refractivity contribution in [3.63, 3.8) is 0 Å². The minimum absolute atomic E-state index is 0.382. The molecule has 0 saturated carbocycles. The Morgan fingerprint density at radius 1 is 0.852 bits per heavy atom. The molecule has 1 atom stereocenters. The Labute approximate surface area is 159 Å². The molecule has 0 amide bonds. The first kappa shape index (κ1) is 18.4. The SMILES string of the molecule is COC(=O)[C@@H](N=Cc1ccc(-c2ccc(OC)cc2)cc1)c1ccccc1. The number of aliphatic imine (C=N–C) groups is 1. The number of nitrogens with zero attached hydrogens (tertiary/aromatic N) is 1. The Bertz CT molecular complexity index is 901. The molecular weight excluding hydrogens is 338 g/mol. The van der Waals surface area contributed by atoms with Crippen LogP contribution >= 0.6 is 0 Å². The molecular formula is C23H21NO3. The van der Waals surface area contributed by atoms with Gasteiger partial charge in [0.05, 0.1) is 14.2 Å². The molecule has 0 N–H and O–H groups in total. The van der Waals surface area contributed by atoms with E-state index in [1.165, 1.54) is 7.11 Å². The van der Waals surface area contributed by atoms with E-state index in [0.717, 1.165) is 28.0 Å². The Morgan fingerprint density at radius 3 is 2.00 bits per heavy atom. The van der Waals surface area contributed by atoms with E-state index in [1.54, 1.807) is 13.3 Å². The predicted molar refractivity (Wildman–Crippen MR) is 107 cm³/mol. The number of rotatable bonds is 6. The first-order chi connectivity index (χ1) is 13.2. The van der Waals surface area contributed by atoms with Gasteiger partial charge in [0.1, 0.15) is 5.75 Å². The predicted octanol–water partition coefficient (Wildman–Crippen LogP) is 4.70. The van der Waals surface area contributed by atoms with Crippen LogP contribution < -0.4 is 4.74 Å². The molecule has 0 aliphatic carbocycles. The normalized spacial score (nSPS) is 11.9. The Hall–Kier alpha value is -3.40. The van der Waals surface area contributed by atoms with E-state index in [4.69, 9.17) is 9.47 Å². The van der Waals surface area contributed by atoms with Crippen molar-refractivity contribution in [2.24, 2.45) is 4.99 Å². The van der Waals surface area contributed by atoms with E-state index in [0.29, 0.717) is 0 Å². The second kappa shape index (κ2) is 8.81. The number of hydrogen-bond donors (Lipinski definition) is 0. The second-order valence-corrected chi connectivity index (χ2v) is 5.97. The van der Waals surface area contributed by atoms with Gasteiger partial charge in [0.15, 0.2) is 6.04 Å². The fourth-order valence-electron chi connectivity index (χ4n) is 2.74.